The summed E-state index contributed by atoms with van der Waals surface area (Å²) in [5.41, 5.74) is -3.33. The maximum atomic E-state index is 13.6. The fourth-order valence-electron chi connectivity index (χ4n) is 2.73. The molecule has 0 spiro atoms. The average molecular weight is 443 g/mol. The summed E-state index contributed by atoms with van der Waals surface area (Å²) >= 11 is 3.23. The van der Waals surface area contributed by atoms with Crippen LogP contribution in [0.25, 0.3) is 0 Å². The molecular formula is C18H14BrF3N2O3. The number of rotatable bonds is 2. The minimum Gasteiger partial charge on any atom is -0.507 e. The molecule has 1 heterocycles. The van der Waals surface area contributed by atoms with Gasteiger partial charge in [-0.3, -0.25) is 4.79 Å². The van der Waals surface area contributed by atoms with Crippen LogP contribution >= 0.6 is 15.9 Å². The van der Waals surface area contributed by atoms with Gasteiger partial charge in [0.25, 0.3) is 11.6 Å². The molecule has 0 radical (unpaired) electrons. The van der Waals surface area contributed by atoms with Gasteiger partial charge in [-0.1, -0.05) is 40.2 Å². The molecule has 1 aliphatic heterocycles. The number of hydrogen-bond acceptors (Lipinski definition) is 4. The predicted molar refractivity (Wildman–Crippen MR) is 95.3 cm³/mol. The van der Waals surface area contributed by atoms with Gasteiger partial charge in [0.05, 0.1) is 17.7 Å². The number of nitrogens with zero attached hydrogens (tertiary/aromatic N) is 2. The number of amides is 1. The van der Waals surface area contributed by atoms with E-state index in [2.05, 4.69) is 21.0 Å². The molecule has 0 saturated heterocycles. The quantitative estimate of drug-likeness (QED) is 0.738. The van der Waals surface area contributed by atoms with Crippen LogP contribution in [0.5, 0.6) is 5.75 Å². The summed E-state index contributed by atoms with van der Waals surface area (Å²) in [5, 5.41) is 24.1. The SMILES string of the molecule is Cc1cccc(C(=O)N2N=C(c3ccc(Br)cc3)C[C@]2(O)C(F)(F)F)c1O. The van der Waals surface area contributed by atoms with Gasteiger partial charge in [0.15, 0.2) is 0 Å². The second kappa shape index (κ2) is 6.65. The lowest BCUT2D eigenvalue weighted by molar-refractivity contribution is -0.297. The van der Waals surface area contributed by atoms with Crippen LogP contribution < -0.4 is 0 Å². The Morgan fingerprint density at radius 2 is 1.85 bits per heavy atom. The van der Waals surface area contributed by atoms with Crippen molar-refractivity contribution in [2.45, 2.75) is 25.2 Å². The summed E-state index contributed by atoms with van der Waals surface area (Å²) in [5.74, 6) is -1.71. The van der Waals surface area contributed by atoms with Crippen LogP contribution in [0.2, 0.25) is 0 Å². The molecule has 1 atom stereocenters. The lowest BCUT2D eigenvalue weighted by Crippen LogP contribution is -2.56. The van der Waals surface area contributed by atoms with Crippen molar-refractivity contribution >= 4 is 27.5 Å². The van der Waals surface area contributed by atoms with Gasteiger partial charge in [-0.15, -0.1) is 0 Å². The standard InChI is InChI=1S/C18H14BrF3N2O3/c1-10-3-2-4-13(15(10)25)16(26)24-17(27,18(20,21)22)9-14(23-24)11-5-7-12(19)8-6-11/h2-8,25,27H,9H2,1H3/t17-/m0/s1. The number of aryl methyl sites for hydroxylation is 1. The van der Waals surface area contributed by atoms with Gasteiger partial charge in [0.2, 0.25) is 0 Å². The number of hydrogen-bond donors (Lipinski definition) is 2. The zero-order valence-electron chi connectivity index (χ0n) is 14.0. The largest absolute Gasteiger partial charge is 0.507 e. The fraction of sp³-hybridized carbons (Fsp3) is 0.222. The topological polar surface area (TPSA) is 73.1 Å². The van der Waals surface area contributed by atoms with E-state index in [-0.39, 0.29) is 16.3 Å². The van der Waals surface area contributed by atoms with Crippen LogP contribution in [0.15, 0.2) is 52.0 Å². The molecule has 0 unspecified atom stereocenters. The number of carbonyl (C=O) groups is 1. The fourth-order valence-corrected chi connectivity index (χ4v) is 2.99. The van der Waals surface area contributed by atoms with Gasteiger partial charge in [0.1, 0.15) is 5.75 Å². The molecule has 5 nitrogen and oxygen atoms in total. The number of phenolic OH excluding ortho intramolecular Hbond substituents is 1. The highest BCUT2D eigenvalue weighted by Crippen LogP contribution is 2.42. The number of halogens is 4. The van der Waals surface area contributed by atoms with Gasteiger partial charge in [-0.2, -0.15) is 23.3 Å². The number of para-hydroxylation sites is 1. The van der Waals surface area contributed by atoms with E-state index >= 15 is 0 Å². The number of phenols is 1. The minimum absolute atomic E-state index is 0.00112. The molecule has 2 aromatic carbocycles. The van der Waals surface area contributed by atoms with E-state index in [0.717, 1.165) is 0 Å². The minimum atomic E-state index is -5.15. The summed E-state index contributed by atoms with van der Waals surface area (Å²) < 4.78 is 41.6. The first kappa shape index (κ1) is 19.4. The van der Waals surface area contributed by atoms with Crippen molar-refractivity contribution in [2.24, 2.45) is 5.10 Å². The monoisotopic (exact) mass is 442 g/mol. The molecule has 0 aliphatic carbocycles. The van der Waals surface area contributed by atoms with Crippen LogP contribution in [-0.2, 0) is 0 Å². The molecule has 142 valence electrons. The molecule has 2 N–H and O–H groups in total. The molecule has 0 saturated carbocycles. The second-order valence-corrected chi connectivity index (χ2v) is 7.05. The molecule has 2 aromatic rings. The number of alkyl halides is 3. The Morgan fingerprint density at radius 1 is 1.22 bits per heavy atom. The summed E-state index contributed by atoms with van der Waals surface area (Å²) in [7, 11) is 0. The Morgan fingerprint density at radius 3 is 2.44 bits per heavy atom. The summed E-state index contributed by atoms with van der Waals surface area (Å²) in [6.45, 7) is 1.50. The van der Waals surface area contributed by atoms with Gasteiger partial charge in [-0.05, 0) is 36.2 Å². The van der Waals surface area contributed by atoms with Gasteiger partial charge in [-0.25, -0.2) is 0 Å². The number of hydrazone groups is 1. The van der Waals surface area contributed by atoms with Gasteiger partial charge >= 0.3 is 6.18 Å². The van der Waals surface area contributed by atoms with Crippen molar-refractivity contribution in [3.05, 3.63) is 63.6 Å². The van der Waals surface area contributed by atoms with Crippen molar-refractivity contribution in [3.8, 4) is 5.75 Å². The Bertz CT molecular complexity index is 928. The smallest absolute Gasteiger partial charge is 0.438 e. The zero-order valence-corrected chi connectivity index (χ0v) is 15.5. The van der Waals surface area contributed by atoms with Crippen LogP contribution in [0.3, 0.4) is 0 Å². The number of carbonyl (C=O) groups excluding carboxylic acids is 1. The van der Waals surface area contributed by atoms with E-state index in [1.165, 1.54) is 37.3 Å². The van der Waals surface area contributed by atoms with E-state index in [0.29, 0.717) is 15.6 Å². The van der Waals surface area contributed by atoms with E-state index in [9.17, 15) is 28.2 Å². The Kier molecular flexibility index (Phi) is 4.77. The summed E-state index contributed by atoms with van der Waals surface area (Å²) in [6.07, 6.45) is -6.07. The molecule has 1 amide bonds. The third-order valence-electron chi connectivity index (χ3n) is 4.28. The van der Waals surface area contributed by atoms with Crippen molar-refractivity contribution < 1.29 is 28.2 Å². The van der Waals surface area contributed by atoms with Crippen molar-refractivity contribution in [1.82, 2.24) is 5.01 Å². The molecule has 1 aliphatic rings. The normalized spacial score (nSPS) is 19.9. The first-order chi connectivity index (χ1) is 12.5. The van der Waals surface area contributed by atoms with E-state index < -0.39 is 30.0 Å². The van der Waals surface area contributed by atoms with Crippen molar-refractivity contribution in [1.29, 1.82) is 0 Å². The second-order valence-electron chi connectivity index (χ2n) is 6.13. The van der Waals surface area contributed by atoms with Crippen LogP contribution in [0, 0.1) is 6.92 Å². The van der Waals surface area contributed by atoms with Crippen LogP contribution in [0.1, 0.15) is 27.9 Å². The van der Waals surface area contributed by atoms with E-state index in [1.807, 2.05) is 0 Å². The molecule has 0 fully saturated rings. The van der Waals surface area contributed by atoms with Gasteiger partial charge in [0, 0.05) is 4.47 Å². The van der Waals surface area contributed by atoms with Crippen LogP contribution in [0.4, 0.5) is 13.2 Å². The summed E-state index contributed by atoms with van der Waals surface area (Å²) in [6, 6.07) is 10.4. The number of benzene rings is 2. The van der Waals surface area contributed by atoms with Gasteiger partial charge < -0.3 is 10.2 Å². The summed E-state index contributed by atoms with van der Waals surface area (Å²) in [4.78, 5) is 12.7. The Balaban J connectivity index is 2.09. The third-order valence-corrected chi connectivity index (χ3v) is 4.81. The first-order valence-corrected chi connectivity index (χ1v) is 8.59. The van der Waals surface area contributed by atoms with E-state index in [1.54, 1.807) is 12.1 Å². The maximum absolute atomic E-state index is 13.6. The van der Waals surface area contributed by atoms with Crippen molar-refractivity contribution in [3.63, 3.8) is 0 Å². The highest BCUT2D eigenvalue weighted by Gasteiger charge is 2.63. The Hall–Kier alpha value is -2.39. The molecule has 9 heteroatoms. The Labute approximate surface area is 160 Å². The number of aliphatic hydroxyl groups is 1. The predicted octanol–water partition coefficient (Wildman–Crippen LogP) is 3.96. The lowest BCUT2D eigenvalue weighted by Gasteiger charge is -2.32. The first-order valence-electron chi connectivity index (χ1n) is 7.80. The molecule has 0 aromatic heterocycles. The highest BCUT2D eigenvalue weighted by atomic mass is 79.9. The van der Waals surface area contributed by atoms with Crippen molar-refractivity contribution in [2.75, 3.05) is 0 Å². The average Bonchev–Trinajstić information content (AvgIpc) is 2.96. The molecule has 0 bridgehead atoms. The number of aromatic hydroxyl groups is 1. The third kappa shape index (κ3) is 3.32. The molecule has 3 rings (SSSR count). The van der Waals surface area contributed by atoms with E-state index in [4.69, 9.17) is 0 Å². The molecule has 27 heavy (non-hydrogen) atoms. The zero-order chi connectivity index (χ0) is 20.0. The maximum Gasteiger partial charge on any atom is 0.438 e. The highest BCUT2D eigenvalue weighted by molar-refractivity contribution is 9.10. The van der Waals surface area contributed by atoms with Crippen LogP contribution in [-0.4, -0.2) is 38.7 Å². The lowest BCUT2D eigenvalue weighted by atomic mass is 10.0. The molecular weight excluding hydrogens is 429 g/mol.